The van der Waals surface area contributed by atoms with Crippen molar-refractivity contribution in [2.75, 3.05) is 0 Å². The van der Waals surface area contributed by atoms with Gasteiger partial charge in [0, 0.05) is 6.20 Å². The Labute approximate surface area is 154 Å². The first kappa shape index (κ1) is 19.7. The van der Waals surface area contributed by atoms with E-state index >= 15 is 0 Å². The summed E-state index contributed by atoms with van der Waals surface area (Å²) in [6.45, 7) is 0. The van der Waals surface area contributed by atoms with Crippen molar-refractivity contribution in [3.05, 3.63) is 58.4 Å². The minimum Gasteiger partial charge on any atom is -0.507 e. The molecule has 1 heterocycles. The fraction of sp³-hybridized carbons (Fsp3) is 0.188. The third-order valence-corrected chi connectivity index (χ3v) is 3.86. The van der Waals surface area contributed by atoms with Gasteiger partial charge in [0.15, 0.2) is 0 Å². The minimum absolute atomic E-state index is 0.0629. The summed E-state index contributed by atoms with van der Waals surface area (Å²) in [7, 11) is -1.91. The van der Waals surface area contributed by atoms with Crippen molar-refractivity contribution in [2.45, 2.75) is 18.8 Å². The summed E-state index contributed by atoms with van der Waals surface area (Å²) in [6, 6.07) is 7.18. The number of phenols is 1. The first-order chi connectivity index (χ1) is 12.3. The number of aromatic nitrogens is 1. The van der Waals surface area contributed by atoms with Crippen LogP contribution in [0.5, 0.6) is 5.75 Å². The largest absolute Gasteiger partial charge is 0.507 e. The third-order valence-electron chi connectivity index (χ3n) is 3.65. The molecule has 0 unspecified atom stereocenters. The van der Waals surface area contributed by atoms with E-state index in [1.807, 2.05) is 0 Å². The molecule has 0 saturated carbocycles. The molecular formula is C16H16BClN2O6. The predicted molar refractivity (Wildman–Crippen MR) is 93.8 cm³/mol. The van der Waals surface area contributed by atoms with E-state index in [1.165, 1.54) is 30.5 Å². The molecule has 0 radical (unpaired) electrons. The highest BCUT2D eigenvalue weighted by Gasteiger charge is 2.27. The highest BCUT2D eigenvalue weighted by Crippen LogP contribution is 2.24. The second-order valence-corrected chi connectivity index (χ2v) is 5.96. The van der Waals surface area contributed by atoms with E-state index in [-0.39, 0.29) is 29.1 Å². The average Bonchev–Trinajstić information content (AvgIpc) is 2.55. The van der Waals surface area contributed by atoms with Gasteiger partial charge >= 0.3 is 13.1 Å². The predicted octanol–water partition coefficient (Wildman–Crippen LogP) is 0.421. The van der Waals surface area contributed by atoms with E-state index in [2.05, 4.69) is 10.3 Å². The van der Waals surface area contributed by atoms with E-state index in [1.54, 1.807) is 6.07 Å². The SMILES string of the molecule is O=C(Cc1ccnc(Cl)c1)N[C@@H](Cc1cccc(C(=O)O)c1O)B(O)O. The molecule has 2 aromatic rings. The second kappa shape index (κ2) is 8.66. The van der Waals surface area contributed by atoms with Gasteiger partial charge in [-0.05, 0) is 35.7 Å². The van der Waals surface area contributed by atoms with E-state index < -0.39 is 30.7 Å². The van der Waals surface area contributed by atoms with Crippen molar-refractivity contribution in [1.82, 2.24) is 10.3 Å². The van der Waals surface area contributed by atoms with Crippen molar-refractivity contribution in [3.8, 4) is 5.75 Å². The lowest BCUT2D eigenvalue weighted by Gasteiger charge is -2.19. The van der Waals surface area contributed by atoms with Crippen molar-refractivity contribution in [3.63, 3.8) is 0 Å². The number of carboxylic acid groups (broad SMARTS) is 1. The van der Waals surface area contributed by atoms with Crippen LogP contribution in [0, 0.1) is 0 Å². The molecule has 0 fully saturated rings. The van der Waals surface area contributed by atoms with Crippen LogP contribution in [0.1, 0.15) is 21.5 Å². The maximum Gasteiger partial charge on any atom is 0.475 e. The second-order valence-electron chi connectivity index (χ2n) is 5.57. The van der Waals surface area contributed by atoms with Crippen LogP contribution in [-0.2, 0) is 17.6 Å². The van der Waals surface area contributed by atoms with Gasteiger partial charge in [-0.1, -0.05) is 23.7 Å². The van der Waals surface area contributed by atoms with Gasteiger partial charge < -0.3 is 25.6 Å². The monoisotopic (exact) mass is 378 g/mol. The summed E-state index contributed by atoms with van der Waals surface area (Å²) >= 11 is 5.75. The normalized spacial score (nSPS) is 11.7. The number of hydrogen-bond acceptors (Lipinski definition) is 6. The lowest BCUT2D eigenvalue weighted by atomic mass is 9.75. The Hall–Kier alpha value is -2.62. The van der Waals surface area contributed by atoms with Gasteiger partial charge in [0.1, 0.15) is 16.5 Å². The number of nitrogens with zero attached hydrogens (tertiary/aromatic N) is 1. The third kappa shape index (κ3) is 5.19. The summed E-state index contributed by atoms with van der Waals surface area (Å²) in [4.78, 5) is 27.0. The number of amides is 1. The molecule has 0 saturated heterocycles. The molecule has 0 aliphatic carbocycles. The number of rotatable bonds is 7. The van der Waals surface area contributed by atoms with Crippen LogP contribution >= 0.6 is 11.6 Å². The highest BCUT2D eigenvalue weighted by molar-refractivity contribution is 6.43. The number of para-hydroxylation sites is 1. The number of benzene rings is 1. The molecule has 136 valence electrons. The number of halogens is 1. The Bertz CT molecular complexity index is 817. The summed E-state index contributed by atoms with van der Waals surface area (Å²) < 4.78 is 0. The molecule has 2 rings (SSSR count). The zero-order valence-corrected chi connectivity index (χ0v) is 14.2. The number of carbonyl (C=O) groups is 2. The van der Waals surface area contributed by atoms with Crippen LogP contribution in [0.25, 0.3) is 0 Å². The maximum atomic E-state index is 12.1. The number of carboxylic acids is 1. The zero-order chi connectivity index (χ0) is 19.3. The molecule has 8 nitrogen and oxygen atoms in total. The summed E-state index contributed by atoms with van der Waals surface area (Å²) in [5, 5.41) is 40.7. The van der Waals surface area contributed by atoms with Crippen LogP contribution in [0.4, 0.5) is 0 Å². The van der Waals surface area contributed by atoms with Crippen LogP contribution in [0.15, 0.2) is 36.5 Å². The Kier molecular flexibility index (Phi) is 6.56. The molecule has 0 aliphatic rings. The molecule has 0 bridgehead atoms. The van der Waals surface area contributed by atoms with E-state index in [4.69, 9.17) is 16.7 Å². The van der Waals surface area contributed by atoms with E-state index in [9.17, 15) is 24.7 Å². The van der Waals surface area contributed by atoms with Gasteiger partial charge in [-0.15, -0.1) is 0 Å². The molecular weight excluding hydrogens is 362 g/mol. The minimum atomic E-state index is -1.91. The number of hydrogen-bond donors (Lipinski definition) is 5. The average molecular weight is 379 g/mol. The smallest absolute Gasteiger partial charge is 0.475 e. The van der Waals surface area contributed by atoms with Crippen molar-refractivity contribution < 1.29 is 29.9 Å². The standard InChI is InChI=1S/C16H16BClN2O6/c18-13-6-9(4-5-19-13)7-14(21)20-12(17(25)26)8-10-2-1-3-11(15(10)22)16(23)24/h1-6,12,22,25-26H,7-8H2,(H,20,21)(H,23,24)/t12-/m0/s1. The fourth-order valence-electron chi connectivity index (χ4n) is 2.39. The van der Waals surface area contributed by atoms with Gasteiger partial charge in [0.25, 0.3) is 0 Å². The van der Waals surface area contributed by atoms with Crippen LogP contribution in [0.3, 0.4) is 0 Å². The molecule has 5 N–H and O–H groups in total. The number of aromatic carboxylic acids is 1. The molecule has 26 heavy (non-hydrogen) atoms. The van der Waals surface area contributed by atoms with Crippen LogP contribution in [0.2, 0.25) is 5.15 Å². The van der Waals surface area contributed by atoms with Gasteiger partial charge in [-0.25, -0.2) is 9.78 Å². The van der Waals surface area contributed by atoms with Gasteiger partial charge in [0.2, 0.25) is 5.91 Å². The van der Waals surface area contributed by atoms with Gasteiger partial charge in [-0.2, -0.15) is 0 Å². The summed E-state index contributed by atoms with van der Waals surface area (Å²) in [5.41, 5.74) is 0.436. The Balaban J connectivity index is 2.11. The first-order valence-electron chi connectivity index (χ1n) is 7.58. The molecule has 1 aromatic heterocycles. The lowest BCUT2D eigenvalue weighted by Crippen LogP contribution is -2.48. The van der Waals surface area contributed by atoms with Crippen LogP contribution in [-0.4, -0.2) is 50.2 Å². The Morgan fingerprint density at radius 3 is 2.62 bits per heavy atom. The first-order valence-corrected chi connectivity index (χ1v) is 7.95. The molecule has 0 aliphatic heterocycles. The highest BCUT2D eigenvalue weighted by atomic mass is 35.5. The number of pyridine rings is 1. The van der Waals surface area contributed by atoms with Crippen molar-refractivity contribution >= 4 is 30.6 Å². The maximum absolute atomic E-state index is 12.1. The topological polar surface area (TPSA) is 140 Å². The molecule has 10 heteroatoms. The fourth-order valence-corrected chi connectivity index (χ4v) is 2.59. The van der Waals surface area contributed by atoms with Crippen LogP contribution < -0.4 is 5.32 Å². The van der Waals surface area contributed by atoms with Gasteiger partial charge in [-0.3, -0.25) is 4.79 Å². The number of aromatic hydroxyl groups is 1. The van der Waals surface area contributed by atoms with E-state index in [0.29, 0.717) is 5.56 Å². The molecule has 1 aromatic carbocycles. The van der Waals surface area contributed by atoms with Gasteiger partial charge in [0.05, 0.1) is 12.4 Å². The number of carbonyl (C=O) groups excluding carboxylic acids is 1. The van der Waals surface area contributed by atoms with Crippen molar-refractivity contribution in [2.24, 2.45) is 0 Å². The summed E-state index contributed by atoms with van der Waals surface area (Å²) in [5.74, 6) is -3.45. The molecule has 1 amide bonds. The Morgan fingerprint density at radius 1 is 1.27 bits per heavy atom. The van der Waals surface area contributed by atoms with Crippen molar-refractivity contribution in [1.29, 1.82) is 0 Å². The lowest BCUT2D eigenvalue weighted by molar-refractivity contribution is -0.120. The molecule has 1 atom stereocenters. The Morgan fingerprint density at radius 2 is 2.00 bits per heavy atom. The van der Waals surface area contributed by atoms with E-state index in [0.717, 1.165) is 0 Å². The quantitative estimate of drug-likeness (QED) is 0.347. The summed E-state index contributed by atoms with van der Waals surface area (Å²) in [6.07, 6.45) is 1.21. The zero-order valence-electron chi connectivity index (χ0n) is 13.5. The molecule has 0 spiro atoms. The number of nitrogens with one attached hydrogen (secondary N) is 1.